The first-order valence-electron chi connectivity index (χ1n) is 8.49. The molecule has 0 amide bonds. The molecule has 0 aliphatic heterocycles. The van der Waals surface area contributed by atoms with Crippen molar-refractivity contribution in [2.24, 2.45) is 0 Å². The van der Waals surface area contributed by atoms with Crippen LogP contribution in [0.2, 0.25) is 0 Å². The number of aryl methyl sites for hydroxylation is 1. The average molecular weight is 356 g/mol. The minimum atomic E-state index is -2.47. The SMILES string of the molecule is Cc1cc(C(C)(C)C)c(C(CCCO)OP(O)O)c(C(C)(C)C)c1. The average Bonchev–Trinajstić information content (AvgIpc) is 2.40. The highest BCUT2D eigenvalue weighted by Gasteiger charge is 2.31. The van der Waals surface area contributed by atoms with E-state index in [0.29, 0.717) is 12.8 Å². The normalized spacial score (nSPS) is 14.3. The summed E-state index contributed by atoms with van der Waals surface area (Å²) >= 11 is 0. The second-order valence-corrected chi connectivity index (χ2v) is 9.20. The van der Waals surface area contributed by atoms with Gasteiger partial charge < -0.3 is 19.4 Å². The summed E-state index contributed by atoms with van der Waals surface area (Å²) in [6, 6.07) is 4.33. The lowest BCUT2D eigenvalue weighted by Gasteiger charge is -2.34. The van der Waals surface area contributed by atoms with Crippen LogP contribution in [0.15, 0.2) is 12.1 Å². The summed E-state index contributed by atoms with van der Waals surface area (Å²) in [5, 5.41) is 9.22. The molecule has 1 aromatic rings. The lowest BCUT2D eigenvalue weighted by Crippen LogP contribution is -2.24. The van der Waals surface area contributed by atoms with Gasteiger partial charge in [-0.1, -0.05) is 59.2 Å². The highest BCUT2D eigenvalue weighted by atomic mass is 31.2. The molecule has 1 atom stereocenters. The maximum absolute atomic E-state index is 9.46. The number of hydrogen-bond donors (Lipinski definition) is 3. The monoisotopic (exact) mass is 356 g/mol. The van der Waals surface area contributed by atoms with Crippen molar-refractivity contribution in [1.29, 1.82) is 0 Å². The van der Waals surface area contributed by atoms with E-state index in [1.54, 1.807) is 0 Å². The van der Waals surface area contributed by atoms with Gasteiger partial charge in [0, 0.05) is 6.61 Å². The molecule has 0 fully saturated rings. The van der Waals surface area contributed by atoms with Crippen molar-refractivity contribution in [3.05, 3.63) is 34.4 Å². The van der Waals surface area contributed by atoms with Crippen LogP contribution in [-0.4, -0.2) is 21.5 Å². The molecule has 1 aromatic carbocycles. The molecule has 0 aliphatic rings. The Bertz CT molecular complexity index is 506. The highest BCUT2D eigenvalue weighted by molar-refractivity contribution is 7.39. The number of hydrogen-bond acceptors (Lipinski definition) is 4. The molecule has 0 saturated heterocycles. The van der Waals surface area contributed by atoms with Crippen LogP contribution in [0.5, 0.6) is 0 Å². The van der Waals surface area contributed by atoms with Crippen LogP contribution in [-0.2, 0) is 15.4 Å². The molecule has 0 heterocycles. The molecular formula is C19H33O4P. The zero-order chi connectivity index (χ0) is 18.7. The predicted octanol–water partition coefficient (Wildman–Crippen LogP) is 4.63. The summed E-state index contributed by atoms with van der Waals surface area (Å²) in [5.74, 6) is 0. The van der Waals surface area contributed by atoms with E-state index in [1.165, 1.54) is 5.56 Å². The van der Waals surface area contributed by atoms with Crippen LogP contribution >= 0.6 is 8.60 Å². The van der Waals surface area contributed by atoms with Crippen molar-refractivity contribution < 1.29 is 19.4 Å². The van der Waals surface area contributed by atoms with E-state index in [9.17, 15) is 14.9 Å². The molecule has 138 valence electrons. The Balaban J connectivity index is 3.64. The van der Waals surface area contributed by atoms with Gasteiger partial charge in [-0.15, -0.1) is 0 Å². The quantitative estimate of drug-likeness (QED) is 0.650. The van der Waals surface area contributed by atoms with Gasteiger partial charge >= 0.3 is 8.60 Å². The molecule has 0 aromatic heterocycles. The Morgan fingerprint density at radius 2 is 1.46 bits per heavy atom. The summed E-state index contributed by atoms with van der Waals surface area (Å²) in [7, 11) is -2.47. The first-order valence-corrected chi connectivity index (χ1v) is 9.65. The van der Waals surface area contributed by atoms with Crippen LogP contribution in [0.4, 0.5) is 0 Å². The molecule has 5 heteroatoms. The number of aliphatic hydroxyl groups excluding tert-OH is 1. The highest BCUT2D eigenvalue weighted by Crippen LogP contribution is 2.45. The summed E-state index contributed by atoms with van der Waals surface area (Å²) in [6.45, 7) is 15.1. The molecule has 0 saturated carbocycles. The summed E-state index contributed by atoms with van der Waals surface area (Å²) in [5.41, 5.74) is 4.33. The lowest BCUT2D eigenvalue weighted by atomic mass is 9.73. The van der Waals surface area contributed by atoms with Crippen LogP contribution in [0.1, 0.15) is 82.7 Å². The van der Waals surface area contributed by atoms with Crippen LogP contribution in [0.3, 0.4) is 0 Å². The molecule has 0 spiro atoms. The fourth-order valence-corrected chi connectivity index (χ4v) is 3.46. The minimum absolute atomic E-state index is 0.0518. The Hall–Kier alpha value is -0.510. The summed E-state index contributed by atoms with van der Waals surface area (Å²) < 4.78 is 5.51. The number of benzene rings is 1. The van der Waals surface area contributed by atoms with Gasteiger partial charge in [0.1, 0.15) is 0 Å². The Labute approximate surface area is 147 Å². The molecule has 3 N–H and O–H groups in total. The Morgan fingerprint density at radius 1 is 1.00 bits per heavy atom. The number of rotatable bonds is 6. The van der Waals surface area contributed by atoms with Crippen LogP contribution < -0.4 is 0 Å². The first kappa shape index (κ1) is 21.5. The van der Waals surface area contributed by atoms with E-state index in [1.807, 2.05) is 0 Å². The fourth-order valence-electron chi connectivity index (χ4n) is 3.03. The van der Waals surface area contributed by atoms with Gasteiger partial charge in [0.05, 0.1) is 6.10 Å². The van der Waals surface area contributed by atoms with Crippen molar-refractivity contribution in [1.82, 2.24) is 0 Å². The van der Waals surface area contributed by atoms with Gasteiger partial charge in [-0.25, -0.2) is 0 Å². The fraction of sp³-hybridized carbons (Fsp3) is 0.684. The van der Waals surface area contributed by atoms with Gasteiger partial charge in [0.25, 0.3) is 0 Å². The maximum Gasteiger partial charge on any atom is 0.327 e. The lowest BCUT2D eigenvalue weighted by molar-refractivity contribution is 0.148. The van der Waals surface area contributed by atoms with Crippen LogP contribution in [0, 0.1) is 6.92 Å². The zero-order valence-electron chi connectivity index (χ0n) is 16.1. The van der Waals surface area contributed by atoms with E-state index < -0.39 is 14.7 Å². The molecule has 0 bridgehead atoms. The van der Waals surface area contributed by atoms with Gasteiger partial charge in [-0.2, -0.15) is 0 Å². The van der Waals surface area contributed by atoms with Crippen molar-refractivity contribution in [2.45, 2.75) is 78.2 Å². The second-order valence-electron chi connectivity index (χ2n) is 8.49. The van der Waals surface area contributed by atoms with Gasteiger partial charge in [-0.3, -0.25) is 0 Å². The molecular weight excluding hydrogens is 323 g/mol. The molecule has 0 aliphatic carbocycles. The molecule has 0 radical (unpaired) electrons. The topological polar surface area (TPSA) is 69.9 Å². The largest absolute Gasteiger partial charge is 0.396 e. The van der Waals surface area contributed by atoms with Crippen LogP contribution in [0.25, 0.3) is 0 Å². The summed E-state index contributed by atoms with van der Waals surface area (Å²) in [4.78, 5) is 18.9. The molecule has 4 nitrogen and oxygen atoms in total. The third-order valence-corrected chi connectivity index (χ3v) is 4.55. The summed E-state index contributed by atoms with van der Waals surface area (Å²) in [6.07, 6.45) is 0.655. The third-order valence-electron chi connectivity index (χ3n) is 4.11. The van der Waals surface area contributed by atoms with Gasteiger partial charge in [0.15, 0.2) is 0 Å². The minimum Gasteiger partial charge on any atom is -0.396 e. The molecule has 1 rings (SSSR count). The Morgan fingerprint density at radius 3 is 1.79 bits per heavy atom. The maximum atomic E-state index is 9.46. The van der Waals surface area contributed by atoms with E-state index in [-0.39, 0.29) is 17.4 Å². The predicted molar refractivity (Wildman–Crippen MR) is 100 cm³/mol. The third kappa shape index (κ3) is 5.79. The second kappa shape index (κ2) is 8.25. The van der Waals surface area contributed by atoms with Crippen molar-refractivity contribution in [3.8, 4) is 0 Å². The van der Waals surface area contributed by atoms with E-state index >= 15 is 0 Å². The number of aliphatic hydroxyl groups is 1. The van der Waals surface area contributed by atoms with Crippen molar-refractivity contribution in [2.75, 3.05) is 6.61 Å². The smallest absolute Gasteiger partial charge is 0.327 e. The van der Waals surface area contributed by atoms with E-state index in [4.69, 9.17) is 4.52 Å². The molecule has 24 heavy (non-hydrogen) atoms. The zero-order valence-corrected chi connectivity index (χ0v) is 16.9. The van der Waals surface area contributed by atoms with Crippen molar-refractivity contribution >= 4 is 8.60 Å². The first-order chi connectivity index (χ1) is 10.9. The van der Waals surface area contributed by atoms with Gasteiger partial charge in [0.2, 0.25) is 0 Å². The Kier molecular flexibility index (Phi) is 7.40. The van der Waals surface area contributed by atoms with E-state index in [2.05, 4.69) is 60.6 Å². The van der Waals surface area contributed by atoms with E-state index in [0.717, 1.165) is 16.7 Å². The molecule has 1 unspecified atom stereocenters. The van der Waals surface area contributed by atoms with Crippen molar-refractivity contribution in [3.63, 3.8) is 0 Å². The van der Waals surface area contributed by atoms with Gasteiger partial charge in [-0.05, 0) is 47.3 Å². The standard InChI is InChI=1S/C19H33O4P/c1-13-11-14(18(2,3)4)17(15(12-13)19(5,6)7)16(9-8-10-20)23-24(21)22/h11-12,16,20-22H,8-10H2,1-7H3.